The van der Waals surface area contributed by atoms with Gasteiger partial charge >= 0.3 is 0 Å². The molecule has 0 aromatic heterocycles. The molecule has 0 saturated carbocycles. The number of benzene rings is 2. The van der Waals surface area contributed by atoms with E-state index < -0.39 is 15.8 Å². The van der Waals surface area contributed by atoms with Gasteiger partial charge < -0.3 is 4.90 Å². The van der Waals surface area contributed by atoms with Gasteiger partial charge in [0.25, 0.3) is 5.69 Å². The largest absolute Gasteiger partial charge is 0.369 e. The molecule has 8 nitrogen and oxygen atoms in total. The van der Waals surface area contributed by atoms with Gasteiger partial charge in [-0.1, -0.05) is 6.07 Å². The lowest BCUT2D eigenvalue weighted by Gasteiger charge is -2.39. The Labute approximate surface area is 187 Å². The van der Waals surface area contributed by atoms with Crippen LogP contribution in [0.3, 0.4) is 0 Å². The number of non-ortho nitro benzene ring substituents is 1. The zero-order valence-electron chi connectivity index (χ0n) is 17.8. The smallest absolute Gasteiger partial charge is 0.271 e. The lowest BCUT2D eigenvalue weighted by atomic mass is 9.97. The predicted molar refractivity (Wildman–Crippen MR) is 120 cm³/mol. The maximum atomic E-state index is 13.1. The van der Waals surface area contributed by atoms with Gasteiger partial charge in [0.05, 0.1) is 9.82 Å². The quantitative estimate of drug-likeness (QED) is 0.485. The number of nitrogens with zero attached hydrogens (tertiary/aromatic N) is 4. The third-order valence-corrected chi connectivity index (χ3v) is 8.23. The fourth-order valence-corrected chi connectivity index (χ4v) is 5.91. The lowest BCUT2D eigenvalue weighted by molar-refractivity contribution is -0.384. The number of rotatable bonds is 6. The number of hydrogen-bond acceptors (Lipinski definition) is 6. The molecule has 2 aliphatic rings. The van der Waals surface area contributed by atoms with Gasteiger partial charge in [-0.2, -0.15) is 4.31 Å². The summed E-state index contributed by atoms with van der Waals surface area (Å²) in [5.41, 5.74) is 0.977. The summed E-state index contributed by atoms with van der Waals surface area (Å²) in [5.74, 6) is -0.0210. The molecule has 0 atom stereocenters. The molecular weight excluding hydrogens is 435 g/mol. The molecule has 172 valence electrons. The van der Waals surface area contributed by atoms with E-state index in [1.807, 2.05) is 6.07 Å². The van der Waals surface area contributed by atoms with Crippen molar-refractivity contribution in [3.63, 3.8) is 0 Å². The van der Waals surface area contributed by atoms with Gasteiger partial charge in [0.1, 0.15) is 5.82 Å². The number of sulfonamides is 1. The first-order valence-electron chi connectivity index (χ1n) is 10.8. The molecule has 2 aliphatic heterocycles. The van der Waals surface area contributed by atoms with Gasteiger partial charge in [0.15, 0.2) is 0 Å². The fraction of sp³-hybridized carbons (Fsp3) is 0.455. The molecule has 0 radical (unpaired) electrons. The van der Waals surface area contributed by atoms with Crippen molar-refractivity contribution in [3.05, 3.63) is 64.5 Å². The van der Waals surface area contributed by atoms with Gasteiger partial charge in [-0.3, -0.25) is 15.0 Å². The van der Waals surface area contributed by atoms with Crippen LogP contribution in [0, 0.1) is 21.8 Å². The topological polar surface area (TPSA) is 87.0 Å². The van der Waals surface area contributed by atoms with Gasteiger partial charge in [-0.25, -0.2) is 12.8 Å². The summed E-state index contributed by atoms with van der Waals surface area (Å²) in [6, 6.07) is 11.7. The van der Waals surface area contributed by atoms with Crippen LogP contribution in [0.5, 0.6) is 0 Å². The highest BCUT2D eigenvalue weighted by Crippen LogP contribution is 2.26. The normalized spacial score (nSPS) is 19.2. The summed E-state index contributed by atoms with van der Waals surface area (Å²) in [7, 11) is -3.58. The third kappa shape index (κ3) is 5.08. The number of hydrogen-bond donors (Lipinski definition) is 0. The molecule has 0 unspecified atom stereocenters. The molecule has 4 rings (SSSR count). The van der Waals surface area contributed by atoms with E-state index in [1.165, 1.54) is 34.6 Å². The summed E-state index contributed by atoms with van der Waals surface area (Å²) < 4.78 is 40.2. The highest BCUT2D eigenvalue weighted by molar-refractivity contribution is 7.89. The Bertz CT molecular complexity index is 1050. The number of nitro benzene ring substituents is 1. The van der Waals surface area contributed by atoms with Gasteiger partial charge in [-0.05, 0) is 49.1 Å². The molecule has 2 heterocycles. The molecular formula is C22H27FN4O4S. The van der Waals surface area contributed by atoms with E-state index >= 15 is 0 Å². The second-order valence-corrected chi connectivity index (χ2v) is 10.3. The number of nitro groups is 1. The van der Waals surface area contributed by atoms with E-state index in [-0.39, 0.29) is 15.5 Å². The second kappa shape index (κ2) is 9.51. The Balaban J connectivity index is 1.26. The first kappa shape index (κ1) is 22.6. The average molecular weight is 463 g/mol. The number of piperidine rings is 1. The predicted octanol–water partition coefficient (Wildman–Crippen LogP) is 2.96. The van der Waals surface area contributed by atoms with Crippen molar-refractivity contribution in [2.45, 2.75) is 17.7 Å². The lowest BCUT2D eigenvalue weighted by Crippen LogP contribution is -2.49. The molecule has 2 aromatic rings. The first-order chi connectivity index (χ1) is 15.3. The molecule has 0 spiro atoms. The van der Waals surface area contributed by atoms with Crippen LogP contribution in [-0.4, -0.2) is 68.4 Å². The van der Waals surface area contributed by atoms with Crippen molar-refractivity contribution in [2.75, 3.05) is 50.7 Å². The van der Waals surface area contributed by atoms with Crippen molar-refractivity contribution < 1.29 is 17.7 Å². The van der Waals surface area contributed by atoms with Crippen LogP contribution >= 0.6 is 0 Å². The van der Waals surface area contributed by atoms with Crippen LogP contribution in [0.1, 0.15) is 12.8 Å². The minimum absolute atomic E-state index is 0.104. The highest BCUT2D eigenvalue weighted by Gasteiger charge is 2.30. The third-order valence-electron chi connectivity index (χ3n) is 6.32. The summed E-state index contributed by atoms with van der Waals surface area (Å²) in [4.78, 5) is 15.3. The minimum atomic E-state index is -3.58. The number of anilines is 1. The monoisotopic (exact) mass is 462 g/mol. The number of piperazine rings is 1. The highest BCUT2D eigenvalue weighted by atomic mass is 32.2. The van der Waals surface area contributed by atoms with Crippen molar-refractivity contribution >= 4 is 21.4 Å². The summed E-state index contributed by atoms with van der Waals surface area (Å²) in [6.45, 7) is 5.22. The zero-order chi connectivity index (χ0) is 22.7. The molecule has 0 N–H and O–H groups in total. The Morgan fingerprint density at radius 3 is 2.25 bits per heavy atom. The van der Waals surface area contributed by atoms with Crippen LogP contribution in [0.25, 0.3) is 0 Å². The SMILES string of the molecule is O=[N+]([O-])c1cccc(N2CCN(CC3CCN(S(=O)(=O)c4ccc(F)cc4)CC3)CC2)c1. The summed E-state index contributed by atoms with van der Waals surface area (Å²) >= 11 is 0. The molecule has 10 heteroatoms. The summed E-state index contributed by atoms with van der Waals surface area (Å²) in [6.07, 6.45) is 1.59. The average Bonchev–Trinajstić information content (AvgIpc) is 2.80. The van der Waals surface area contributed by atoms with E-state index in [9.17, 15) is 22.9 Å². The molecule has 32 heavy (non-hydrogen) atoms. The Morgan fingerprint density at radius 2 is 1.62 bits per heavy atom. The molecule has 2 saturated heterocycles. The first-order valence-corrected chi connectivity index (χ1v) is 12.2. The Hall–Kier alpha value is -2.56. The van der Waals surface area contributed by atoms with Gasteiger partial charge in [0.2, 0.25) is 10.0 Å². The Kier molecular flexibility index (Phi) is 6.73. The van der Waals surface area contributed by atoms with E-state index in [0.717, 1.165) is 51.3 Å². The standard InChI is InChI=1S/C22H27FN4O4S/c23-19-4-6-22(7-5-19)32(30,31)26-10-8-18(9-11-26)17-24-12-14-25(15-13-24)20-2-1-3-21(16-20)27(28)29/h1-7,16,18H,8-15,17H2. The van der Waals surface area contributed by atoms with Crippen molar-refractivity contribution in [3.8, 4) is 0 Å². The van der Waals surface area contributed by atoms with Crippen LogP contribution in [-0.2, 0) is 10.0 Å². The number of halogens is 1. The van der Waals surface area contributed by atoms with Crippen molar-refractivity contribution in [2.24, 2.45) is 5.92 Å². The fourth-order valence-electron chi connectivity index (χ4n) is 4.44. The zero-order valence-corrected chi connectivity index (χ0v) is 18.6. The van der Waals surface area contributed by atoms with Gasteiger partial charge in [-0.15, -0.1) is 0 Å². The second-order valence-electron chi connectivity index (χ2n) is 8.37. The maximum Gasteiger partial charge on any atom is 0.271 e. The van der Waals surface area contributed by atoms with Crippen LogP contribution < -0.4 is 4.90 Å². The van der Waals surface area contributed by atoms with E-state index in [4.69, 9.17) is 0 Å². The maximum absolute atomic E-state index is 13.1. The Morgan fingerprint density at radius 1 is 0.969 bits per heavy atom. The molecule has 0 amide bonds. The summed E-state index contributed by atoms with van der Waals surface area (Å²) in [5, 5.41) is 11.0. The van der Waals surface area contributed by atoms with Crippen LogP contribution in [0.15, 0.2) is 53.4 Å². The van der Waals surface area contributed by atoms with Crippen molar-refractivity contribution in [1.29, 1.82) is 0 Å². The molecule has 0 bridgehead atoms. The van der Waals surface area contributed by atoms with Crippen molar-refractivity contribution in [1.82, 2.24) is 9.21 Å². The van der Waals surface area contributed by atoms with E-state index in [1.54, 1.807) is 12.1 Å². The van der Waals surface area contributed by atoms with E-state index in [0.29, 0.717) is 19.0 Å². The van der Waals surface area contributed by atoms with Crippen LogP contribution in [0.2, 0.25) is 0 Å². The molecule has 2 fully saturated rings. The molecule has 0 aliphatic carbocycles. The molecule has 2 aromatic carbocycles. The van der Waals surface area contributed by atoms with E-state index in [2.05, 4.69) is 9.80 Å². The van der Waals surface area contributed by atoms with Gasteiger partial charge in [0, 0.05) is 63.6 Å². The van der Waals surface area contributed by atoms with Crippen LogP contribution in [0.4, 0.5) is 15.8 Å². The minimum Gasteiger partial charge on any atom is -0.369 e.